The maximum Gasteiger partial charge on any atom is 0.138 e. The van der Waals surface area contributed by atoms with Crippen molar-refractivity contribution in [2.45, 2.75) is 13.8 Å². The van der Waals surface area contributed by atoms with Crippen LogP contribution in [-0.4, -0.2) is 19.9 Å². The van der Waals surface area contributed by atoms with Gasteiger partial charge in [-0.25, -0.2) is 9.97 Å². The minimum absolute atomic E-state index is 0.742. The molecular formula is C22H19ClN4. The van der Waals surface area contributed by atoms with E-state index < -0.39 is 0 Å². The number of halogens is 1. The van der Waals surface area contributed by atoms with Gasteiger partial charge in [-0.1, -0.05) is 35.4 Å². The number of pyridine rings is 2. The number of aryl methyl sites for hydroxylation is 2. The summed E-state index contributed by atoms with van der Waals surface area (Å²) in [5.74, 6) is 0. The molecule has 134 valence electrons. The van der Waals surface area contributed by atoms with E-state index in [1.54, 1.807) is 12.3 Å². The molecule has 0 atom stereocenters. The number of nitrogens with one attached hydrogen (secondary N) is 2. The normalized spacial score (nSPS) is 10.8. The van der Waals surface area contributed by atoms with E-state index in [4.69, 9.17) is 11.6 Å². The number of aromatic nitrogens is 4. The van der Waals surface area contributed by atoms with Crippen molar-refractivity contribution >= 4 is 33.7 Å². The van der Waals surface area contributed by atoms with Gasteiger partial charge in [-0.15, -0.1) is 0 Å². The van der Waals surface area contributed by atoms with Gasteiger partial charge in [-0.05, 0) is 54.8 Å². The van der Waals surface area contributed by atoms with E-state index in [1.165, 1.54) is 27.6 Å². The Labute approximate surface area is 162 Å². The Hall–Kier alpha value is -3.11. The van der Waals surface area contributed by atoms with Crippen molar-refractivity contribution in [3.05, 3.63) is 83.4 Å². The van der Waals surface area contributed by atoms with Crippen molar-refractivity contribution in [3.63, 3.8) is 0 Å². The first kappa shape index (κ1) is 17.3. The zero-order valence-electron chi connectivity index (χ0n) is 15.1. The second-order valence-electron chi connectivity index (χ2n) is 6.45. The first-order chi connectivity index (χ1) is 13.1. The minimum atomic E-state index is 0.742. The molecule has 5 heteroatoms. The van der Waals surface area contributed by atoms with E-state index in [0.717, 1.165) is 21.7 Å². The molecule has 1 aromatic carbocycles. The van der Waals surface area contributed by atoms with Crippen LogP contribution in [-0.2, 0) is 0 Å². The van der Waals surface area contributed by atoms with Crippen LogP contribution in [0.3, 0.4) is 0 Å². The second-order valence-corrected chi connectivity index (χ2v) is 6.86. The number of aromatic amines is 2. The molecule has 0 radical (unpaired) electrons. The fourth-order valence-corrected chi connectivity index (χ4v) is 3.45. The molecule has 0 unspecified atom stereocenters. The zero-order chi connectivity index (χ0) is 18.8. The number of fused-ring (bicyclic) bond motifs is 2. The van der Waals surface area contributed by atoms with Gasteiger partial charge in [0.1, 0.15) is 11.3 Å². The Morgan fingerprint density at radius 2 is 1.41 bits per heavy atom. The van der Waals surface area contributed by atoms with Gasteiger partial charge in [-0.3, -0.25) is 0 Å². The maximum absolute atomic E-state index is 5.84. The summed E-state index contributed by atoms with van der Waals surface area (Å²) in [5.41, 5.74) is 6.91. The Morgan fingerprint density at radius 3 is 2.11 bits per heavy atom. The smallest absolute Gasteiger partial charge is 0.138 e. The van der Waals surface area contributed by atoms with Crippen LogP contribution < -0.4 is 0 Å². The summed E-state index contributed by atoms with van der Waals surface area (Å²) in [7, 11) is 0. The molecule has 0 bridgehead atoms. The van der Waals surface area contributed by atoms with Crippen molar-refractivity contribution in [1.82, 2.24) is 19.9 Å². The SMILES string of the molecule is Cc1ccc(-c2ccnc3[nH]ccc23)c(C)c1.Clc1ccnc2[nH]ccc12. The summed E-state index contributed by atoms with van der Waals surface area (Å²) in [5, 5.41) is 2.90. The number of H-pyrrole nitrogens is 2. The molecule has 2 N–H and O–H groups in total. The minimum Gasteiger partial charge on any atom is -0.346 e. The fourth-order valence-electron chi connectivity index (χ4n) is 3.24. The molecule has 0 aliphatic rings. The molecule has 0 saturated heterocycles. The van der Waals surface area contributed by atoms with Crippen LogP contribution in [0.4, 0.5) is 0 Å². The van der Waals surface area contributed by atoms with Crippen LogP contribution in [0.2, 0.25) is 5.02 Å². The van der Waals surface area contributed by atoms with E-state index in [-0.39, 0.29) is 0 Å². The molecule has 0 aliphatic carbocycles. The molecule has 27 heavy (non-hydrogen) atoms. The lowest BCUT2D eigenvalue weighted by Gasteiger charge is -2.08. The highest BCUT2D eigenvalue weighted by Crippen LogP contribution is 2.29. The van der Waals surface area contributed by atoms with Crippen LogP contribution in [0.25, 0.3) is 33.2 Å². The van der Waals surface area contributed by atoms with Gasteiger partial charge < -0.3 is 9.97 Å². The predicted octanol–water partition coefficient (Wildman–Crippen LogP) is 6.06. The number of rotatable bonds is 1. The average Bonchev–Trinajstić information content (AvgIpc) is 3.32. The molecule has 4 aromatic heterocycles. The first-order valence-corrected chi connectivity index (χ1v) is 9.08. The monoisotopic (exact) mass is 374 g/mol. The third kappa shape index (κ3) is 3.44. The number of hydrogen-bond acceptors (Lipinski definition) is 2. The summed E-state index contributed by atoms with van der Waals surface area (Å²) < 4.78 is 0. The average molecular weight is 375 g/mol. The highest BCUT2D eigenvalue weighted by molar-refractivity contribution is 6.35. The summed E-state index contributed by atoms with van der Waals surface area (Å²) in [4.78, 5) is 14.5. The quantitative estimate of drug-likeness (QED) is 0.374. The molecule has 4 heterocycles. The molecule has 0 spiro atoms. The summed E-state index contributed by atoms with van der Waals surface area (Å²) in [6.07, 6.45) is 7.29. The topological polar surface area (TPSA) is 57.4 Å². The van der Waals surface area contributed by atoms with E-state index >= 15 is 0 Å². The van der Waals surface area contributed by atoms with Gasteiger partial charge in [0.25, 0.3) is 0 Å². The molecule has 5 rings (SSSR count). The Morgan fingerprint density at radius 1 is 0.741 bits per heavy atom. The Balaban J connectivity index is 0.000000153. The lowest BCUT2D eigenvalue weighted by molar-refractivity contribution is 1.32. The van der Waals surface area contributed by atoms with Gasteiger partial charge in [0.15, 0.2) is 0 Å². The van der Waals surface area contributed by atoms with Crippen LogP contribution in [0.5, 0.6) is 0 Å². The standard InChI is InChI=1S/C15H14N2.C7H5ClN2/c1-10-3-4-12(11(2)9-10)13-5-7-16-15-14(13)6-8-17-15;8-6-2-4-10-7-5(6)1-3-9-7/h3-9H,1-2H3,(H,16,17);1-4H,(H,9,10). The van der Waals surface area contributed by atoms with E-state index in [2.05, 4.69) is 64.1 Å². The molecule has 4 nitrogen and oxygen atoms in total. The van der Waals surface area contributed by atoms with E-state index in [0.29, 0.717) is 0 Å². The van der Waals surface area contributed by atoms with Crippen molar-refractivity contribution in [2.24, 2.45) is 0 Å². The molecular weight excluding hydrogens is 356 g/mol. The zero-order valence-corrected chi connectivity index (χ0v) is 15.9. The van der Waals surface area contributed by atoms with Crippen LogP contribution in [0.1, 0.15) is 11.1 Å². The maximum atomic E-state index is 5.84. The van der Waals surface area contributed by atoms with Gasteiger partial charge in [0.05, 0.1) is 5.02 Å². The molecule has 5 aromatic rings. The van der Waals surface area contributed by atoms with E-state index in [1.807, 2.05) is 24.7 Å². The molecule has 0 aliphatic heterocycles. The first-order valence-electron chi connectivity index (χ1n) is 8.71. The lowest BCUT2D eigenvalue weighted by Crippen LogP contribution is -1.86. The van der Waals surface area contributed by atoms with Crippen LogP contribution >= 0.6 is 11.6 Å². The van der Waals surface area contributed by atoms with Crippen molar-refractivity contribution in [2.75, 3.05) is 0 Å². The highest BCUT2D eigenvalue weighted by Gasteiger charge is 2.07. The van der Waals surface area contributed by atoms with Gasteiger partial charge in [-0.2, -0.15) is 0 Å². The third-order valence-corrected chi connectivity index (χ3v) is 4.87. The van der Waals surface area contributed by atoms with Gasteiger partial charge in [0, 0.05) is 35.6 Å². The highest BCUT2D eigenvalue weighted by atomic mass is 35.5. The third-order valence-electron chi connectivity index (χ3n) is 4.54. The van der Waals surface area contributed by atoms with Crippen molar-refractivity contribution in [3.8, 4) is 11.1 Å². The molecule has 0 saturated carbocycles. The number of hydrogen-bond donors (Lipinski definition) is 2. The summed E-state index contributed by atoms with van der Waals surface area (Å²) in [6.45, 7) is 4.27. The number of benzene rings is 1. The Kier molecular flexibility index (Phi) is 4.65. The molecule has 0 amide bonds. The van der Waals surface area contributed by atoms with Crippen LogP contribution in [0, 0.1) is 13.8 Å². The van der Waals surface area contributed by atoms with Gasteiger partial charge >= 0.3 is 0 Å². The fraction of sp³-hybridized carbons (Fsp3) is 0.0909. The van der Waals surface area contributed by atoms with Crippen molar-refractivity contribution < 1.29 is 0 Å². The summed E-state index contributed by atoms with van der Waals surface area (Å²) in [6, 6.07) is 14.4. The van der Waals surface area contributed by atoms with Crippen molar-refractivity contribution in [1.29, 1.82) is 0 Å². The van der Waals surface area contributed by atoms with E-state index in [9.17, 15) is 0 Å². The molecule has 0 fully saturated rings. The predicted molar refractivity (Wildman–Crippen MR) is 112 cm³/mol. The lowest BCUT2D eigenvalue weighted by atomic mass is 9.97. The largest absolute Gasteiger partial charge is 0.346 e. The number of nitrogens with zero attached hydrogens (tertiary/aromatic N) is 2. The summed E-state index contributed by atoms with van der Waals surface area (Å²) >= 11 is 5.84. The second kappa shape index (κ2) is 7.25. The Bertz CT molecular complexity index is 1220. The van der Waals surface area contributed by atoms with Crippen LogP contribution in [0.15, 0.2) is 67.3 Å². The van der Waals surface area contributed by atoms with Gasteiger partial charge in [0.2, 0.25) is 0 Å².